The van der Waals surface area contributed by atoms with Gasteiger partial charge in [0.1, 0.15) is 0 Å². The molecule has 0 fully saturated rings. The van der Waals surface area contributed by atoms with Gasteiger partial charge in [-0.25, -0.2) is 0 Å². The average Bonchev–Trinajstić information content (AvgIpc) is 3.04. The van der Waals surface area contributed by atoms with Crippen LogP contribution in [0.15, 0.2) is 102 Å². The van der Waals surface area contributed by atoms with Crippen molar-refractivity contribution in [2.75, 3.05) is 13.1 Å². The van der Waals surface area contributed by atoms with E-state index < -0.39 is 16.5 Å². The maximum Gasteiger partial charge on any atom is 4.00 e. The smallest absolute Gasteiger partial charge is 0.706 e. The molecule has 9 heteroatoms. The van der Waals surface area contributed by atoms with E-state index in [2.05, 4.69) is 102 Å². The fourth-order valence-electron chi connectivity index (χ4n) is 4.63. The van der Waals surface area contributed by atoms with E-state index in [-0.39, 0.29) is 41.7 Å². The van der Waals surface area contributed by atoms with Crippen LogP contribution in [-0.2, 0) is 31.6 Å². The van der Waals surface area contributed by atoms with Crippen LogP contribution in [0.1, 0.15) is 70.9 Å². The Hall–Kier alpha value is -2.55. The van der Waals surface area contributed by atoms with Crippen molar-refractivity contribution in [2.45, 2.75) is 111 Å². The molecule has 0 unspecified atom stereocenters. The fraction of sp³-hybridized carbons (Fsp3) is 0.452. The topological polar surface area (TPSA) is 89.8 Å². The molecule has 3 aromatic carbocycles. The minimum atomic E-state index is -1.69. The summed E-state index contributed by atoms with van der Waals surface area (Å²) >= 11 is 0. The largest absolute Gasteiger partial charge is 4.00 e. The van der Waals surface area contributed by atoms with Crippen molar-refractivity contribution in [1.29, 1.82) is 0 Å². The molecule has 0 saturated carbocycles. The molecule has 4 aromatic rings. The number of pyridine rings is 1. The summed E-state index contributed by atoms with van der Waals surface area (Å²) in [6.45, 7) is 33.2. The average molecular weight is 798 g/mol. The van der Waals surface area contributed by atoms with Crippen molar-refractivity contribution in [3.05, 3.63) is 140 Å². The van der Waals surface area contributed by atoms with Crippen LogP contribution in [-0.4, -0.2) is 34.5 Å². The van der Waals surface area contributed by atoms with Crippen LogP contribution in [0, 0.1) is 20.8 Å². The number of hydrogen-bond donors (Lipinski definition) is 0. The molecule has 272 valence electrons. The molecule has 0 aliphatic rings. The summed E-state index contributed by atoms with van der Waals surface area (Å²) in [7, 11) is -3.38. The van der Waals surface area contributed by atoms with Crippen molar-refractivity contribution in [3.63, 3.8) is 0 Å². The predicted octanol–water partition coefficient (Wildman–Crippen LogP) is 14.4. The minimum absolute atomic E-state index is 0. The summed E-state index contributed by atoms with van der Waals surface area (Å²) in [6.07, 6.45) is 1.90. The summed E-state index contributed by atoms with van der Waals surface area (Å²) in [6, 6.07) is 30.1. The van der Waals surface area contributed by atoms with E-state index in [0.717, 1.165) is 41.3 Å². The monoisotopic (exact) mass is 796 g/mol. The van der Waals surface area contributed by atoms with Crippen LogP contribution in [0.4, 0.5) is 17.1 Å². The number of benzene rings is 3. The summed E-state index contributed by atoms with van der Waals surface area (Å²) in [5, 5.41) is 8.17. The first-order valence-corrected chi connectivity index (χ1v) is 23.5. The van der Waals surface area contributed by atoms with Gasteiger partial charge in [-0.2, -0.15) is 0 Å². The van der Waals surface area contributed by atoms with Crippen molar-refractivity contribution < 1.29 is 26.2 Å². The van der Waals surface area contributed by atoms with Gasteiger partial charge in [0.2, 0.25) is 0 Å². The van der Waals surface area contributed by atoms with Crippen LogP contribution in [0.25, 0.3) is 20.8 Å². The molecule has 0 N–H and O–H groups in total. The molecule has 0 spiro atoms. The van der Waals surface area contributed by atoms with Gasteiger partial charge < -0.3 is 25.9 Å². The second-order valence-corrected chi connectivity index (χ2v) is 26.5. The summed E-state index contributed by atoms with van der Waals surface area (Å²) < 4.78 is 0. The summed E-state index contributed by atoms with van der Waals surface area (Å²) in [5.74, 6) is 0. The van der Waals surface area contributed by atoms with Gasteiger partial charge in [-0.3, -0.25) is 4.98 Å². The third-order valence-electron chi connectivity index (χ3n) is 10.1. The number of aromatic nitrogens is 1. The third-order valence-corrected chi connectivity index (χ3v) is 19.3. The molecule has 1 aromatic heterocycles. The fourth-order valence-corrected chi connectivity index (χ4v) is 7.07. The minimum Gasteiger partial charge on any atom is -0.706 e. The molecule has 6 nitrogen and oxygen atoms in total. The Balaban J connectivity index is 0.000000429. The summed E-state index contributed by atoms with van der Waals surface area (Å²) in [4.78, 5) is 15.3. The predicted molar refractivity (Wildman–Crippen MR) is 224 cm³/mol. The Morgan fingerprint density at radius 2 is 1.02 bits per heavy atom. The van der Waals surface area contributed by atoms with Crippen molar-refractivity contribution >= 4 is 33.5 Å². The number of para-hydroxylation sites is 2. The maximum atomic E-state index is 8.62. The standard InChI is InChI=1S/C21H41N3Si2.C12H10N.C9H11N2.Zr/c1-19(2,3)25(8,9)23-16-21(7,18-14-12-13-15-22-18)17-24-26(10,11)20(4,5)6;1-3-7-11(8-4-1)13-12-9-5-2-6-10-12;1-6-4-7(2)9(11-10)8(3)5-6;/h12-15H,16-17H2,1-11H3;1-10H;4-5H,1-3H3;/q-2;2*-1;+4. The molecule has 4 rings (SSSR count). The van der Waals surface area contributed by atoms with E-state index in [1.165, 1.54) is 5.56 Å². The molecule has 0 aliphatic carbocycles. The molecule has 0 atom stereocenters. The molecule has 0 aliphatic heterocycles. The van der Waals surface area contributed by atoms with Gasteiger partial charge in [0.15, 0.2) is 0 Å². The Kier molecular flexibility index (Phi) is 18.3. The second kappa shape index (κ2) is 20.1. The van der Waals surface area contributed by atoms with Crippen LogP contribution in [0.3, 0.4) is 0 Å². The first-order chi connectivity index (χ1) is 23.1. The van der Waals surface area contributed by atoms with Gasteiger partial charge in [-0.1, -0.05) is 186 Å². The van der Waals surface area contributed by atoms with Crippen LogP contribution in [0.5, 0.6) is 0 Å². The van der Waals surface area contributed by atoms with Gasteiger partial charge in [-0.05, 0) is 49.4 Å². The third kappa shape index (κ3) is 14.8. The van der Waals surface area contributed by atoms with Gasteiger partial charge in [0.05, 0.1) is 0 Å². The van der Waals surface area contributed by atoms with Crippen LogP contribution in [0.2, 0.25) is 36.3 Å². The van der Waals surface area contributed by atoms with Crippen molar-refractivity contribution in [1.82, 2.24) is 4.98 Å². The van der Waals surface area contributed by atoms with Gasteiger partial charge in [-0.15, -0.1) is 24.5 Å². The summed E-state index contributed by atoms with van der Waals surface area (Å²) in [5.41, 5.74) is 15.5. The van der Waals surface area contributed by atoms with Gasteiger partial charge in [0.25, 0.3) is 0 Å². The number of rotatable bonds is 10. The number of aryl methyl sites for hydroxylation is 3. The molecule has 1 heterocycles. The number of hydrogen-bond acceptors (Lipinski definition) is 2. The van der Waals surface area contributed by atoms with E-state index in [9.17, 15) is 0 Å². The zero-order chi connectivity index (χ0) is 37.8. The van der Waals surface area contributed by atoms with Crippen molar-refractivity contribution in [3.8, 4) is 0 Å². The maximum absolute atomic E-state index is 8.62. The normalized spacial score (nSPS) is 12.0. The second-order valence-electron chi connectivity index (χ2n) is 16.7. The quantitative estimate of drug-likeness (QED) is 0.116. The van der Waals surface area contributed by atoms with E-state index in [4.69, 9.17) is 15.5 Å². The molecule has 51 heavy (non-hydrogen) atoms. The molecule has 0 radical (unpaired) electrons. The van der Waals surface area contributed by atoms with Gasteiger partial charge >= 0.3 is 26.2 Å². The Labute approximate surface area is 332 Å². The van der Waals surface area contributed by atoms with Crippen LogP contribution >= 0.6 is 0 Å². The molecular formula is C42H62N6Si2Zr. The molecule has 0 amide bonds. The first-order valence-electron chi connectivity index (χ1n) is 17.7. The van der Waals surface area contributed by atoms with Crippen molar-refractivity contribution in [2.24, 2.45) is 5.11 Å². The van der Waals surface area contributed by atoms with E-state index in [0.29, 0.717) is 5.69 Å². The zero-order valence-electron chi connectivity index (χ0n) is 33.8. The first kappa shape index (κ1) is 46.5. The number of nitrogens with zero attached hydrogens (tertiary/aromatic N) is 6. The SMILES string of the molecule is CC(C[N-][Si](C)(C)C(C)(C)C)(C[N-][Si](C)(C)C(C)(C)C)c1ccccn1.Cc1cc(C)c(N=[N-])c(C)c1.[Zr+4].c1ccc([N-]c2ccccc2)cc1. The molecule has 0 bridgehead atoms. The van der Waals surface area contributed by atoms with Crippen LogP contribution < -0.4 is 0 Å². The molecule has 0 saturated heterocycles. The Morgan fingerprint density at radius 1 is 0.627 bits per heavy atom. The van der Waals surface area contributed by atoms with Gasteiger partial charge in [0, 0.05) is 17.6 Å². The Morgan fingerprint density at radius 3 is 1.35 bits per heavy atom. The Bertz CT molecular complexity index is 1510. The van der Waals surface area contributed by atoms with E-state index in [1.54, 1.807) is 0 Å². The zero-order valence-corrected chi connectivity index (χ0v) is 38.3. The molecular weight excluding hydrogens is 736 g/mol. The van der Waals surface area contributed by atoms with E-state index >= 15 is 0 Å². The van der Waals surface area contributed by atoms with E-state index in [1.807, 2.05) is 106 Å².